The molecule has 0 spiro atoms. The SMILES string of the molecule is O=C1c2c(O)c(=O)ccn2N2CN1C[C@H]1C[C@@H]1COc1cc(F)c(F)c3c1[C@@H]2c1ccccc1SC3.O=C1c2c(O)c(=O)ccn2N2CN1C[C@H]1C[C@@H]1COc1cc(F)c(F)c3c1[C@H]2c1ccccc1SC3. The molecule has 4 bridgehead atoms. The van der Waals surface area contributed by atoms with Crippen molar-refractivity contribution in [3.8, 4) is 23.0 Å². The quantitative estimate of drug-likeness (QED) is 0.148. The van der Waals surface area contributed by atoms with Crippen LogP contribution in [0.25, 0.3) is 0 Å². The second kappa shape index (κ2) is 16.8. The largest absolute Gasteiger partial charge is 0.502 e. The molecule has 0 radical (unpaired) electrons. The molecule has 368 valence electrons. The number of nitrogens with zero attached hydrogens (tertiary/aromatic N) is 6. The fourth-order valence-electron chi connectivity index (χ4n) is 11.3. The minimum Gasteiger partial charge on any atom is -0.502 e. The van der Waals surface area contributed by atoms with Crippen molar-refractivity contribution in [3.63, 3.8) is 0 Å². The zero-order valence-electron chi connectivity index (χ0n) is 38.0. The van der Waals surface area contributed by atoms with Gasteiger partial charge in [-0.05, 0) is 59.8 Å². The predicted molar refractivity (Wildman–Crippen MR) is 256 cm³/mol. The maximum absolute atomic E-state index is 15.4. The Morgan fingerprint density at radius 2 is 0.972 bits per heavy atom. The lowest BCUT2D eigenvalue weighted by molar-refractivity contribution is 0.0660. The van der Waals surface area contributed by atoms with Crippen molar-refractivity contribution in [1.29, 1.82) is 0 Å². The van der Waals surface area contributed by atoms with Crippen LogP contribution in [0.1, 0.15) is 79.3 Å². The lowest BCUT2D eigenvalue weighted by Gasteiger charge is -2.44. The lowest BCUT2D eigenvalue weighted by atomic mass is 9.92. The van der Waals surface area contributed by atoms with Crippen LogP contribution in [-0.2, 0) is 11.5 Å². The molecule has 2 fully saturated rings. The minimum atomic E-state index is -0.964. The number of thioether (sulfide) groups is 2. The monoisotopic (exact) mass is 1020 g/mol. The van der Waals surface area contributed by atoms with Gasteiger partial charge in [-0.1, -0.05) is 36.4 Å². The molecule has 2 aliphatic carbocycles. The number of fused-ring (bicyclic) bond motifs is 16. The van der Waals surface area contributed by atoms with Crippen LogP contribution >= 0.6 is 23.5 Å². The molecule has 20 heteroatoms. The maximum Gasteiger partial charge on any atom is 0.277 e. The van der Waals surface area contributed by atoms with Crippen molar-refractivity contribution in [3.05, 3.63) is 174 Å². The number of pyridine rings is 2. The van der Waals surface area contributed by atoms with E-state index in [1.165, 1.54) is 57.4 Å². The van der Waals surface area contributed by atoms with E-state index in [1.807, 2.05) is 58.5 Å². The van der Waals surface area contributed by atoms with Gasteiger partial charge in [0.15, 0.2) is 46.2 Å². The maximum atomic E-state index is 15.4. The first kappa shape index (κ1) is 44.8. The second-order valence-electron chi connectivity index (χ2n) is 19.4. The molecular formula is C52H42F4N6O8S2. The van der Waals surface area contributed by atoms with Gasteiger partial charge in [0, 0.05) is 93.3 Å². The van der Waals surface area contributed by atoms with Crippen molar-refractivity contribution in [2.24, 2.45) is 23.7 Å². The van der Waals surface area contributed by atoms with Crippen LogP contribution in [-0.4, -0.2) is 80.8 Å². The van der Waals surface area contributed by atoms with Gasteiger partial charge in [0.1, 0.15) is 36.9 Å². The Morgan fingerprint density at radius 1 is 0.556 bits per heavy atom. The van der Waals surface area contributed by atoms with Crippen molar-refractivity contribution < 1.29 is 46.8 Å². The third-order valence-electron chi connectivity index (χ3n) is 15.2. The van der Waals surface area contributed by atoms with E-state index in [9.17, 15) is 38.2 Å². The van der Waals surface area contributed by atoms with E-state index in [4.69, 9.17) is 9.47 Å². The number of amides is 2. The summed E-state index contributed by atoms with van der Waals surface area (Å²) in [5.74, 6) is -4.24. The summed E-state index contributed by atoms with van der Waals surface area (Å²) in [6, 6.07) is 18.5. The molecule has 6 atom stereocenters. The highest BCUT2D eigenvalue weighted by Gasteiger charge is 2.48. The highest BCUT2D eigenvalue weighted by atomic mass is 32.2. The van der Waals surface area contributed by atoms with Gasteiger partial charge in [-0.15, -0.1) is 23.5 Å². The van der Waals surface area contributed by atoms with Crippen molar-refractivity contribution in [2.75, 3.05) is 49.7 Å². The molecule has 6 aliphatic heterocycles. The molecule has 0 saturated heterocycles. The van der Waals surface area contributed by atoms with Gasteiger partial charge in [-0.25, -0.2) is 17.6 Å². The molecule has 6 aromatic rings. The Labute approximate surface area is 415 Å². The number of aromatic nitrogens is 2. The summed E-state index contributed by atoms with van der Waals surface area (Å²) in [5.41, 5.74) is 1.49. The van der Waals surface area contributed by atoms with Gasteiger partial charge in [0.25, 0.3) is 11.8 Å². The second-order valence-corrected chi connectivity index (χ2v) is 21.4. The molecule has 4 aromatic carbocycles. The van der Waals surface area contributed by atoms with Crippen molar-refractivity contribution >= 4 is 35.3 Å². The van der Waals surface area contributed by atoms with E-state index in [2.05, 4.69) is 0 Å². The van der Waals surface area contributed by atoms with Gasteiger partial charge in [-0.2, -0.15) is 0 Å². The summed E-state index contributed by atoms with van der Waals surface area (Å²) in [6.07, 6.45) is 4.58. The van der Waals surface area contributed by atoms with E-state index in [1.54, 1.807) is 9.80 Å². The first-order valence-corrected chi connectivity index (χ1v) is 25.5. The van der Waals surface area contributed by atoms with E-state index in [0.717, 1.165) is 45.9 Å². The summed E-state index contributed by atoms with van der Waals surface area (Å²) in [6.45, 7) is 1.81. The number of hydrogen-bond donors (Lipinski definition) is 2. The molecule has 2 N–H and O–H groups in total. The zero-order valence-corrected chi connectivity index (χ0v) is 39.6. The Hall–Kier alpha value is -7.06. The Bertz CT molecular complexity index is 3240. The summed E-state index contributed by atoms with van der Waals surface area (Å²) < 4.78 is 75.6. The fourth-order valence-corrected chi connectivity index (χ4v) is 13.5. The number of ether oxygens (including phenoxy) is 2. The van der Waals surface area contributed by atoms with Crippen LogP contribution < -0.4 is 30.3 Å². The zero-order chi connectivity index (χ0) is 49.4. The first-order chi connectivity index (χ1) is 34.8. The molecule has 2 saturated carbocycles. The summed E-state index contributed by atoms with van der Waals surface area (Å²) in [5, 5.41) is 25.0. The first-order valence-electron chi connectivity index (χ1n) is 23.6. The summed E-state index contributed by atoms with van der Waals surface area (Å²) in [7, 11) is 0. The fraction of sp³-hybridized carbons (Fsp3) is 0.308. The van der Waals surface area contributed by atoms with Gasteiger partial charge in [-0.3, -0.25) is 38.5 Å². The molecule has 8 heterocycles. The van der Waals surface area contributed by atoms with E-state index >= 15 is 8.78 Å². The number of aromatic hydroxyl groups is 2. The van der Waals surface area contributed by atoms with Crippen molar-refractivity contribution in [2.45, 2.75) is 46.2 Å². The van der Waals surface area contributed by atoms with Crippen LogP contribution in [0, 0.1) is 46.9 Å². The highest BCUT2D eigenvalue weighted by molar-refractivity contribution is 7.98. The number of carbonyl (C=O) groups excluding carboxylic acids is 2. The van der Waals surface area contributed by atoms with Gasteiger partial charge >= 0.3 is 0 Å². The summed E-state index contributed by atoms with van der Waals surface area (Å²) >= 11 is 2.82. The molecule has 2 amide bonds. The molecule has 72 heavy (non-hydrogen) atoms. The third kappa shape index (κ3) is 7.06. The topological polar surface area (TPSA) is 150 Å². The van der Waals surface area contributed by atoms with Crippen LogP contribution in [0.5, 0.6) is 23.0 Å². The van der Waals surface area contributed by atoms with E-state index in [-0.39, 0.29) is 82.5 Å². The number of carbonyl (C=O) groups is 2. The Morgan fingerprint density at radius 3 is 1.40 bits per heavy atom. The molecule has 14 rings (SSSR count). The van der Waals surface area contributed by atoms with E-state index < -0.39 is 69.5 Å². The standard InChI is InChI=1S/2C26H21F2N3O4S/c2*27-17-8-19-21-16(22(17)28)11-36-20-4-2-1-3-15(20)23(21)31-12-29(9-13-7-14(13)10-35-19)26(34)24-25(33)18(32)5-6-30(24)31/h2*1-6,8,13-14,23,33H,7,9-12H2/t13-,14-,23+;13-,14-,23-/m11/s1. The smallest absolute Gasteiger partial charge is 0.277 e. The third-order valence-corrected chi connectivity index (χ3v) is 17.4. The molecule has 14 nitrogen and oxygen atoms in total. The van der Waals surface area contributed by atoms with Crippen molar-refractivity contribution in [1.82, 2.24) is 19.2 Å². The Kier molecular flexibility index (Phi) is 10.4. The average Bonchev–Trinajstić information content (AvgIpc) is 4.31. The van der Waals surface area contributed by atoms with Crippen LogP contribution in [0.3, 0.4) is 0 Å². The number of hydrogen-bond acceptors (Lipinski definition) is 12. The van der Waals surface area contributed by atoms with Crippen LogP contribution in [0.2, 0.25) is 0 Å². The summed E-state index contributed by atoms with van der Waals surface area (Å²) in [4.78, 5) is 56.7. The number of halogens is 4. The minimum absolute atomic E-state index is 0.133. The molecular weight excluding hydrogens is 977 g/mol. The van der Waals surface area contributed by atoms with Crippen LogP contribution in [0.4, 0.5) is 17.6 Å². The average molecular weight is 1020 g/mol. The normalized spacial score (nSPS) is 23.8. The predicted octanol–water partition coefficient (Wildman–Crippen LogP) is 7.21. The van der Waals surface area contributed by atoms with Gasteiger partial charge in [0.05, 0.1) is 13.2 Å². The lowest BCUT2D eigenvalue weighted by Crippen LogP contribution is -2.56. The number of rotatable bonds is 0. The Balaban J connectivity index is 0.000000140. The van der Waals surface area contributed by atoms with E-state index in [0.29, 0.717) is 37.4 Å². The van der Waals surface area contributed by atoms with Crippen LogP contribution in [0.15, 0.2) is 105 Å². The molecule has 2 aromatic heterocycles. The highest BCUT2D eigenvalue weighted by Crippen LogP contribution is 2.52. The molecule has 0 unspecified atom stereocenters. The number of benzene rings is 4. The van der Waals surface area contributed by atoms with Gasteiger partial charge in [0.2, 0.25) is 10.9 Å². The van der Waals surface area contributed by atoms with Gasteiger partial charge < -0.3 is 29.5 Å². The molecule has 8 aliphatic rings.